The highest BCUT2D eigenvalue weighted by atomic mass is 127. The van der Waals surface area contributed by atoms with Crippen LogP contribution in [-0.2, 0) is 10.0 Å². The molecule has 1 heterocycles. The highest BCUT2D eigenvalue weighted by molar-refractivity contribution is 14.0. The molecule has 1 saturated carbocycles. The van der Waals surface area contributed by atoms with Gasteiger partial charge in [-0.05, 0) is 46.5 Å². The van der Waals surface area contributed by atoms with Gasteiger partial charge in [0.05, 0.1) is 12.8 Å². The molecular weight excluding hydrogens is 453 g/mol. The Hall–Kier alpha value is -0.130. The zero-order chi connectivity index (χ0) is 17.8. The Morgan fingerprint density at radius 3 is 2.28 bits per heavy atom. The van der Waals surface area contributed by atoms with Gasteiger partial charge in [0.2, 0.25) is 10.0 Å². The lowest BCUT2D eigenvalue weighted by Gasteiger charge is -2.33. The van der Waals surface area contributed by atoms with Crippen LogP contribution in [0.2, 0.25) is 0 Å². The van der Waals surface area contributed by atoms with Crippen molar-refractivity contribution < 1.29 is 8.42 Å². The van der Waals surface area contributed by atoms with Crippen molar-refractivity contribution in [2.24, 2.45) is 4.99 Å². The summed E-state index contributed by atoms with van der Waals surface area (Å²) in [5, 5.41) is 6.77. The smallest absolute Gasteiger partial charge is 0.209 e. The fourth-order valence-electron chi connectivity index (χ4n) is 3.17. The lowest BCUT2D eigenvalue weighted by atomic mass is 10.1. The second-order valence-electron chi connectivity index (χ2n) is 7.64. The zero-order valence-electron chi connectivity index (χ0n) is 15.8. The average Bonchev–Trinajstić information content (AvgIpc) is 3.28. The third-order valence-corrected chi connectivity index (χ3v) is 5.30. The number of rotatable bonds is 7. The van der Waals surface area contributed by atoms with Crippen LogP contribution in [0, 0.1) is 0 Å². The van der Waals surface area contributed by atoms with Gasteiger partial charge in [-0.15, -0.1) is 24.0 Å². The van der Waals surface area contributed by atoms with Gasteiger partial charge in [-0.3, -0.25) is 4.99 Å². The first-order valence-electron chi connectivity index (χ1n) is 8.96. The summed E-state index contributed by atoms with van der Waals surface area (Å²) in [5.74, 6) is 0.769. The predicted octanol–water partition coefficient (Wildman–Crippen LogP) is 1.11. The largest absolute Gasteiger partial charge is 0.357 e. The first kappa shape index (κ1) is 22.9. The number of aliphatic imine (C=N–C) groups is 1. The summed E-state index contributed by atoms with van der Waals surface area (Å²) < 4.78 is 25.5. The van der Waals surface area contributed by atoms with Crippen LogP contribution in [0.1, 0.15) is 46.5 Å². The van der Waals surface area contributed by atoms with E-state index < -0.39 is 15.6 Å². The number of halogens is 1. The van der Waals surface area contributed by atoms with Crippen LogP contribution >= 0.6 is 24.0 Å². The molecule has 2 rings (SSSR count). The topological polar surface area (TPSA) is 85.8 Å². The first-order chi connectivity index (χ1) is 11.2. The van der Waals surface area contributed by atoms with Crippen molar-refractivity contribution in [3.05, 3.63) is 0 Å². The van der Waals surface area contributed by atoms with Crippen molar-refractivity contribution in [3.63, 3.8) is 0 Å². The molecular formula is C16H34IN5O2S. The minimum absolute atomic E-state index is 0. The van der Waals surface area contributed by atoms with Crippen molar-refractivity contribution in [3.8, 4) is 0 Å². The minimum atomic E-state index is -3.24. The van der Waals surface area contributed by atoms with E-state index in [9.17, 15) is 8.42 Å². The van der Waals surface area contributed by atoms with E-state index in [1.165, 1.54) is 19.1 Å². The Balaban J connectivity index is 0.00000312. The maximum Gasteiger partial charge on any atom is 0.209 e. The number of hydrogen-bond donors (Lipinski definition) is 3. The number of hydrogen-bond acceptors (Lipinski definition) is 4. The van der Waals surface area contributed by atoms with Gasteiger partial charge in [0.15, 0.2) is 5.96 Å². The standard InChI is InChI=1S/C16H33N5O2S.HI/c1-5-17-15(18-12-16(2,3)20-24(4,22)23)19-13-8-10-21(11-9-13)14-6-7-14;/h13-14,20H,5-12H2,1-4H3,(H2,17,18,19);1H. The molecule has 0 unspecified atom stereocenters. The van der Waals surface area contributed by atoms with Gasteiger partial charge in [0, 0.05) is 37.3 Å². The summed E-state index contributed by atoms with van der Waals surface area (Å²) in [7, 11) is -3.24. The highest BCUT2D eigenvalue weighted by Crippen LogP contribution is 2.29. The molecule has 25 heavy (non-hydrogen) atoms. The van der Waals surface area contributed by atoms with Gasteiger partial charge in [0.1, 0.15) is 0 Å². The van der Waals surface area contributed by atoms with Crippen molar-refractivity contribution in [2.75, 3.05) is 32.4 Å². The van der Waals surface area contributed by atoms with Crippen LogP contribution < -0.4 is 15.4 Å². The molecule has 0 aromatic rings. The molecule has 0 radical (unpaired) electrons. The quantitative estimate of drug-likeness (QED) is 0.285. The van der Waals surface area contributed by atoms with Gasteiger partial charge in [-0.2, -0.15) is 0 Å². The molecule has 0 aromatic heterocycles. The molecule has 2 aliphatic rings. The third kappa shape index (κ3) is 8.87. The molecule has 1 aliphatic heterocycles. The molecule has 2 fully saturated rings. The van der Waals surface area contributed by atoms with E-state index in [-0.39, 0.29) is 24.0 Å². The van der Waals surface area contributed by atoms with Crippen molar-refractivity contribution in [1.29, 1.82) is 0 Å². The fourth-order valence-corrected chi connectivity index (χ4v) is 4.24. The number of sulfonamides is 1. The summed E-state index contributed by atoms with van der Waals surface area (Å²) in [6.45, 7) is 9.20. The van der Waals surface area contributed by atoms with Gasteiger partial charge in [-0.25, -0.2) is 13.1 Å². The van der Waals surface area contributed by atoms with Crippen LogP contribution in [0.15, 0.2) is 4.99 Å². The fraction of sp³-hybridized carbons (Fsp3) is 0.938. The Morgan fingerprint density at radius 2 is 1.80 bits per heavy atom. The summed E-state index contributed by atoms with van der Waals surface area (Å²) in [6.07, 6.45) is 6.17. The number of guanidine groups is 1. The molecule has 0 spiro atoms. The van der Waals surface area contributed by atoms with Gasteiger partial charge >= 0.3 is 0 Å². The SMILES string of the molecule is CCNC(=NCC(C)(C)NS(C)(=O)=O)NC1CCN(C2CC2)CC1.I. The second-order valence-corrected chi connectivity index (χ2v) is 9.39. The molecule has 1 saturated heterocycles. The van der Waals surface area contributed by atoms with Crippen LogP contribution in [0.25, 0.3) is 0 Å². The summed E-state index contributed by atoms with van der Waals surface area (Å²) in [4.78, 5) is 7.18. The van der Waals surface area contributed by atoms with E-state index in [0.717, 1.165) is 44.5 Å². The number of nitrogens with zero attached hydrogens (tertiary/aromatic N) is 2. The van der Waals surface area contributed by atoms with E-state index >= 15 is 0 Å². The molecule has 0 amide bonds. The molecule has 0 bridgehead atoms. The second kappa shape index (κ2) is 9.70. The van der Waals surface area contributed by atoms with E-state index in [1.807, 2.05) is 20.8 Å². The number of likely N-dealkylation sites (tertiary alicyclic amines) is 1. The van der Waals surface area contributed by atoms with Gasteiger partial charge < -0.3 is 15.5 Å². The minimum Gasteiger partial charge on any atom is -0.357 e. The molecule has 9 heteroatoms. The Kier molecular flexibility index (Phi) is 8.89. The Bertz CT molecular complexity index is 541. The molecule has 1 aliphatic carbocycles. The number of piperidine rings is 1. The van der Waals surface area contributed by atoms with Gasteiger partial charge in [0.25, 0.3) is 0 Å². The molecule has 0 aromatic carbocycles. The number of nitrogens with one attached hydrogen (secondary N) is 3. The average molecular weight is 487 g/mol. The van der Waals surface area contributed by atoms with E-state index in [1.54, 1.807) is 0 Å². The lowest BCUT2D eigenvalue weighted by Crippen LogP contribution is -2.50. The zero-order valence-corrected chi connectivity index (χ0v) is 19.0. The molecule has 148 valence electrons. The lowest BCUT2D eigenvalue weighted by molar-refractivity contribution is 0.197. The van der Waals surface area contributed by atoms with Crippen LogP contribution in [0.5, 0.6) is 0 Å². The Morgan fingerprint density at radius 1 is 1.20 bits per heavy atom. The third-order valence-electron chi connectivity index (χ3n) is 4.37. The predicted molar refractivity (Wildman–Crippen MR) is 114 cm³/mol. The summed E-state index contributed by atoms with van der Waals surface area (Å²) >= 11 is 0. The summed E-state index contributed by atoms with van der Waals surface area (Å²) in [6, 6.07) is 1.28. The van der Waals surface area contributed by atoms with Gasteiger partial charge in [-0.1, -0.05) is 0 Å². The van der Waals surface area contributed by atoms with E-state index in [0.29, 0.717) is 12.6 Å². The maximum atomic E-state index is 11.4. The van der Waals surface area contributed by atoms with Crippen LogP contribution in [0.4, 0.5) is 0 Å². The van der Waals surface area contributed by atoms with Crippen molar-refractivity contribution in [2.45, 2.75) is 64.1 Å². The molecule has 7 nitrogen and oxygen atoms in total. The summed E-state index contributed by atoms with van der Waals surface area (Å²) in [5.41, 5.74) is -0.606. The first-order valence-corrected chi connectivity index (χ1v) is 10.9. The Labute approximate surface area is 169 Å². The highest BCUT2D eigenvalue weighted by Gasteiger charge is 2.32. The van der Waals surface area contributed by atoms with Crippen LogP contribution in [-0.4, -0.2) is 69.3 Å². The van der Waals surface area contributed by atoms with Crippen molar-refractivity contribution in [1.82, 2.24) is 20.3 Å². The van der Waals surface area contributed by atoms with Crippen LogP contribution in [0.3, 0.4) is 0 Å². The van der Waals surface area contributed by atoms with E-state index in [2.05, 4.69) is 25.2 Å². The monoisotopic (exact) mass is 487 g/mol. The molecule has 0 atom stereocenters. The normalized spacial score (nSPS) is 20.9. The van der Waals surface area contributed by atoms with E-state index in [4.69, 9.17) is 0 Å². The molecule has 3 N–H and O–H groups in total. The maximum absolute atomic E-state index is 11.4. The van der Waals surface area contributed by atoms with Crippen molar-refractivity contribution >= 4 is 40.0 Å².